The summed E-state index contributed by atoms with van der Waals surface area (Å²) in [5.74, 6) is 0. The van der Waals surface area contributed by atoms with E-state index in [1.807, 2.05) is 6.26 Å². The van der Waals surface area contributed by atoms with Crippen molar-refractivity contribution in [3.63, 3.8) is 0 Å². The predicted octanol–water partition coefficient (Wildman–Crippen LogP) is 0.564. The Morgan fingerprint density at radius 2 is 2.44 bits per heavy atom. The number of rotatable bonds is 1. The van der Waals surface area contributed by atoms with Crippen LogP contribution < -0.4 is 4.87 Å². The van der Waals surface area contributed by atoms with E-state index in [1.165, 1.54) is 16.3 Å². The second-order valence-corrected chi connectivity index (χ2v) is 2.98. The van der Waals surface area contributed by atoms with E-state index < -0.39 is 0 Å². The second kappa shape index (κ2) is 2.53. The minimum atomic E-state index is -0.000602. The van der Waals surface area contributed by atoms with E-state index in [0.29, 0.717) is 0 Å². The predicted molar refractivity (Wildman–Crippen MR) is 39.1 cm³/mol. The lowest BCUT2D eigenvalue weighted by molar-refractivity contribution is 0.767. The molecule has 0 atom stereocenters. The van der Waals surface area contributed by atoms with Gasteiger partial charge in [0.15, 0.2) is 5.16 Å². The van der Waals surface area contributed by atoms with Crippen LogP contribution >= 0.6 is 23.3 Å². The van der Waals surface area contributed by atoms with Crippen molar-refractivity contribution in [3.8, 4) is 0 Å². The van der Waals surface area contributed by atoms with Crippen LogP contribution in [0.4, 0.5) is 0 Å². The van der Waals surface area contributed by atoms with Crippen LogP contribution in [0.25, 0.3) is 0 Å². The van der Waals surface area contributed by atoms with Crippen LogP contribution in [0.15, 0.2) is 9.95 Å². The van der Waals surface area contributed by atoms with Gasteiger partial charge in [-0.15, -0.1) is 0 Å². The van der Waals surface area contributed by atoms with Crippen molar-refractivity contribution in [2.24, 2.45) is 7.05 Å². The third-order valence-electron chi connectivity index (χ3n) is 0.945. The Kier molecular flexibility index (Phi) is 1.92. The zero-order valence-corrected chi connectivity index (χ0v) is 6.75. The first-order valence-electron chi connectivity index (χ1n) is 2.32. The monoisotopic (exact) mass is 162 g/mol. The summed E-state index contributed by atoms with van der Waals surface area (Å²) < 4.78 is 5.43. The third-order valence-corrected chi connectivity index (χ3v) is 2.49. The lowest BCUT2D eigenvalue weighted by Crippen LogP contribution is -2.07. The van der Waals surface area contributed by atoms with Gasteiger partial charge in [-0.3, -0.25) is 9.36 Å². The number of aromatic nitrogens is 2. The highest BCUT2D eigenvalue weighted by Gasteiger charge is 1.99. The van der Waals surface area contributed by atoms with E-state index in [9.17, 15) is 4.79 Å². The van der Waals surface area contributed by atoms with Gasteiger partial charge >= 0.3 is 4.87 Å². The topological polar surface area (TPSA) is 34.9 Å². The summed E-state index contributed by atoms with van der Waals surface area (Å²) in [5.41, 5.74) is 0. The van der Waals surface area contributed by atoms with E-state index in [0.717, 1.165) is 16.7 Å². The van der Waals surface area contributed by atoms with Gasteiger partial charge in [-0.1, -0.05) is 11.8 Å². The Morgan fingerprint density at radius 3 is 2.67 bits per heavy atom. The van der Waals surface area contributed by atoms with Crippen molar-refractivity contribution in [3.05, 3.63) is 9.67 Å². The summed E-state index contributed by atoms with van der Waals surface area (Å²) in [5, 5.41) is 0.782. The van der Waals surface area contributed by atoms with Crippen LogP contribution in [0.1, 0.15) is 0 Å². The van der Waals surface area contributed by atoms with E-state index >= 15 is 0 Å². The molecule has 3 nitrogen and oxygen atoms in total. The summed E-state index contributed by atoms with van der Waals surface area (Å²) in [6.45, 7) is 0. The fourth-order valence-electron chi connectivity index (χ4n) is 0.453. The number of hydrogen-bond donors (Lipinski definition) is 0. The Hall–Kier alpha value is -0.290. The third kappa shape index (κ3) is 1.16. The smallest absolute Gasteiger partial charge is 0.280 e. The molecule has 0 spiro atoms. The first-order chi connectivity index (χ1) is 4.25. The SMILES string of the molecule is CSc1nsc(=O)n1C. The first kappa shape index (κ1) is 6.82. The lowest BCUT2D eigenvalue weighted by Gasteiger charge is -1.89. The molecule has 50 valence electrons. The van der Waals surface area contributed by atoms with E-state index in [2.05, 4.69) is 4.37 Å². The zero-order chi connectivity index (χ0) is 6.85. The average Bonchev–Trinajstić information content (AvgIpc) is 2.15. The van der Waals surface area contributed by atoms with E-state index in [-0.39, 0.29) is 4.87 Å². The Bertz CT molecular complexity index is 251. The molecular weight excluding hydrogens is 156 g/mol. The molecule has 0 aromatic carbocycles. The molecule has 1 heterocycles. The molecule has 0 aliphatic rings. The summed E-state index contributed by atoms with van der Waals surface area (Å²) >= 11 is 2.47. The molecule has 5 heteroatoms. The largest absolute Gasteiger partial charge is 0.326 e. The molecule has 1 aromatic heterocycles. The van der Waals surface area contributed by atoms with Crippen molar-refractivity contribution in [1.82, 2.24) is 8.94 Å². The minimum absolute atomic E-state index is 0.000602. The van der Waals surface area contributed by atoms with Gasteiger partial charge in [0.1, 0.15) is 0 Å². The Labute approximate surface area is 60.9 Å². The molecule has 0 unspecified atom stereocenters. The molecular formula is C4H6N2OS2. The van der Waals surface area contributed by atoms with Gasteiger partial charge in [0.25, 0.3) is 0 Å². The summed E-state index contributed by atoms with van der Waals surface area (Å²) in [4.78, 5) is 10.7. The molecule has 0 radical (unpaired) electrons. The molecule has 1 aromatic rings. The normalized spacial score (nSPS) is 10.0. The molecule has 0 saturated heterocycles. The van der Waals surface area contributed by atoms with Gasteiger partial charge in [0, 0.05) is 18.6 Å². The van der Waals surface area contributed by atoms with Crippen molar-refractivity contribution < 1.29 is 0 Å². The number of nitrogens with zero attached hydrogens (tertiary/aromatic N) is 2. The van der Waals surface area contributed by atoms with Crippen molar-refractivity contribution in [2.45, 2.75) is 5.16 Å². The van der Waals surface area contributed by atoms with Gasteiger partial charge in [-0.2, -0.15) is 4.37 Å². The van der Waals surface area contributed by atoms with Gasteiger partial charge in [0.2, 0.25) is 0 Å². The summed E-state index contributed by atoms with van der Waals surface area (Å²) in [7, 11) is 1.72. The van der Waals surface area contributed by atoms with Crippen LogP contribution in [-0.4, -0.2) is 15.2 Å². The Balaban J connectivity index is 3.20. The molecule has 0 N–H and O–H groups in total. The van der Waals surface area contributed by atoms with Crippen molar-refractivity contribution >= 4 is 23.3 Å². The highest BCUT2D eigenvalue weighted by molar-refractivity contribution is 7.98. The highest BCUT2D eigenvalue weighted by atomic mass is 32.2. The van der Waals surface area contributed by atoms with E-state index in [4.69, 9.17) is 0 Å². The average molecular weight is 162 g/mol. The van der Waals surface area contributed by atoms with Crippen LogP contribution in [0.2, 0.25) is 0 Å². The molecule has 9 heavy (non-hydrogen) atoms. The standard InChI is InChI=1S/C4H6N2OS2/c1-6-3(8-2)5-9-4(6)7/h1-2H3. The van der Waals surface area contributed by atoms with Gasteiger partial charge in [-0.05, 0) is 6.26 Å². The first-order valence-corrected chi connectivity index (χ1v) is 4.32. The minimum Gasteiger partial charge on any atom is -0.280 e. The fraction of sp³-hybridized carbons (Fsp3) is 0.500. The van der Waals surface area contributed by atoms with Crippen molar-refractivity contribution in [1.29, 1.82) is 0 Å². The summed E-state index contributed by atoms with van der Waals surface area (Å²) in [6.07, 6.45) is 1.90. The lowest BCUT2D eigenvalue weighted by atomic mass is 11.1. The van der Waals surface area contributed by atoms with Gasteiger partial charge in [-0.25, -0.2) is 0 Å². The Morgan fingerprint density at radius 1 is 1.78 bits per heavy atom. The van der Waals surface area contributed by atoms with Crippen LogP contribution in [-0.2, 0) is 7.05 Å². The maximum Gasteiger partial charge on any atom is 0.326 e. The quantitative estimate of drug-likeness (QED) is 0.566. The highest BCUT2D eigenvalue weighted by Crippen LogP contribution is 2.07. The summed E-state index contributed by atoms with van der Waals surface area (Å²) in [6, 6.07) is 0. The van der Waals surface area contributed by atoms with Gasteiger partial charge < -0.3 is 0 Å². The maximum atomic E-state index is 10.7. The molecule has 0 saturated carbocycles. The number of thioether (sulfide) groups is 1. The zero-order valence-electron chi connectivity index (χ0n) is 5.12. The molecule has 0 bridgehead atoms. The molecule has 1 rings (SSSR count). The van der Waals surface area contributed by atoms with E-state index in [1.54, 1.807) is 7.05 Å². The molecule has 0 aliphatic heterocycles. The fourth-order valence-corrected chi connectivity index (χ4v) is 1.76. The van der Waals surface area contributed by atoms with Crippen molar-refractivity contribution in [2.75, 3.05) is 6.26 Å². The van der Waals surface area contributed by atoms with Crippen LogP contribution in [0.5, 0.6) is 0 Å². The molecule has 0 amide bonds. The number of hydrogen-bond acceptors (Lipinski definition) is 4. The van der Waals surface area contributed by atoms with Crippen LogP contribution in [0.3, 0.4) is 0 Å². The second-order valence-electron chi connectivity index (χ2n) is 1.49. The maximum absolute atomic E-state index is 10.7. The molecule has 0 aliphatic carbocycles. The van der Waals surface area contributed by atoms with Gasteiger partial charge in [0.05, 0.1) is 0 Å². The molecule has 0 fully saturated rings. The van der Waals surface area contributed by atoms with Crippen LogP contribution in [0, 0.1) is 0 Å².